The van der Waals surface area contributed by atoms with Crippen LogP contribution in [0.25, 0.3) is 0 Å². The number of hydrogen-bond acceptors (Lipinski definition) is 3. The summed E-state index contributed by atoms with van der Waals surface area (Å²) in [5.41, 5.74) is 1.13. The maximum atomic E-state index is 12.4. The van der Waals surface area contributed by atoms with Crippen LogP contribution in [0.3, 0.4) is 0 Å². The number of rotatable bonds is 7. The van der Waals surface area contributed by atoms with Crippen molar-refractivity contribution in [2.45, 2.75) is 13.8 Å². The summed E-state index contributed by atoms with van der Waals surface area (Å²) in [6, 6.07) is 13.7. The summed E-state index contributed by atoms with van der Waals surface area (Å²) < 4.78 is 5.60. The number of likely N-dealkylation sites (N-methyl/N-ethyl adjacent to an activating group) is 1. The summed E-state index contributed by atoms with van der Waals surface area (Å²) in [6.07, 6.45) is 0. The fraction of sp³-hybridized carbons (Fsp3) is 0.300. The molecule has 2 aromatic carbocycles. The Morgan fingerprint density at radius 1 is 1.08 bits per heavy atom. The van der Waals surface area contributed by atoms with E-state index < -0.39 is 0 Å². The summed E-state index contributed by atoms with van der Waals surface area (Å²) in [7, 11) is 1.59. The third-order valence-corrected chi connectivity index (χ3v) is 3.79. The predicted octanol–water partition coefficient (Wildman–Crippen LogP) is 4.09. The molecule has 138 valence electrons. The van der Waals surface area contributed by atoms with Crippen LogP contribution < -0.4 is 10.1 Å². The molecule has 0 saturated carbocycles. The minimum absolute atomic E-state index is 0.0486. The quantitative estimate of drug-likeness (QED) is 0.794. The van der Waals surface area contributed by atoms with Gasteiger partial charge in [0.15, 0.2) is 0 Å². The largest absolute Gasteiger partial charge is 0.493 e. The summed E-state index contributed by atoms with van der Waals surface area (Å²) in [5.74, 6) is 0.645. The van der Waals surface area contributed by atoms with E-state index in [9.17, 15) is 9.59 Å². The lowest BCUT2D eigenvalue weighted by atomic mass is 10.2. The molecule has 2 rings (SSSR count). The van der Waals surface area contributed by atoms with Gasteiger partial charge in [0.05, 0.1) is 13.2 Å². The van der Waals surface area contributed by atoms with E-state index in [1.807, 2.05) is 0 Å². The van der Waals surface area contributed by atoms with Crippen molar-refractivity contribution in [3.63, 3.8) is 0 Å². The van der Waals surface area contributed by atoms with Crippen LogP contribution in [-0.4, -0.2) is 36.9 Å². The minimum Gasteiger partial charge on any atom is -0.493 e. The monoisotopic (exact) mass is 374 g/mol. The van der Waals surface area contributed by atoms with E-state index in [1.165, 1.54) is 4.90 Å². The number of ether oxygens (including phenoxy) is 1. The SMILES string of the molecule is CC(C)COc1ccc(C(=O)N(C)CC(=O)Nc2ccc(Cl)cc2)cc1. The summed E-state index contributed by atoms with van der Waals surface area (Å²) in [6.45, 7) is 4.72. The zero-order valence-corrected chi connectivity index (χ0v) is 15.9. The molecule has 6 heteroatoms. The van der Waals surface area contributed by atoms with E-state index in [2.05, 4.69) is 19.2 Å². The number of hydrogen-bond donors (Lipinski definition) is 1. The van der Waals surface area contributed by atoms with Crippen molar-refractivity contribution < 1.29 is 14.3 Å². The third kappa shape index (κ3) is 6.08. The van der Waals surface area contributed by atoms with Crippen LogP contribution in [0.1, 0.15) is 24.2 Å². The first-order valence-corrected chi connectivity index (χ1v) is 8.76. The molecular weight excluding hydrogens is 352 g/mol. The smallest absolute Gasteiger partial charge is 0.254 e. The Labute approximate surface area is 158 Å². The van der Waals surface area contributed by atoms with Gasteiger partial charge in [0.1, 0.15) is 5.75 Å². The highest BCUT2D eigenvalue weighted by Crippen LogP contribution is 2.15. The van der Waals surface area contributed by atoms with Gasteiger partial charge in [0, 0.05) is 23.3 Å². The number of halogens is 1. The lowest BCUT2D eigenvalue weighted by Gasteiger charge is -2.17. The molecular formula is C20H23ClN2O3. The number of amides is 2. The number of carbonyl (C=O) groups is 2. The van der Waals surface area contributed by atoms with Crippen molar-refractivity contribution in [2.24, 2.45) is 5.92 Å². The first-order chi connectivity index (χ1) is 12.3. The second-order valence-electron chi connectivity index (χ2n) is 6.45. The summed E-state index contributed by atoms with van der Waals surface area (Å²) in [5, 5.41) is 3.32. The number of benzene rings is 2. The summed E-state index contributed by atoms with van der Waals surface area (Å²) >= 11 is 5.81. The lowest BCUT2D eigenvalue weighted by molar-refractivity contribution is -0.116. The Morgan fingerprint density at radius 3 is 2.27 bits per heavy atom. The van der Waals surface area contributed by atoms with Gasteiger partial charge < -0.3 is 15.0 Å². The number of nitrogens with zero attached hydrogens (tertiary/aromatic N) is 1. The molecule has 1 N–H and O–H groups in total. The molecule has 0 radical (unpaired) electrons. The highest BCUT2D eigenvalue weighted by molar-refractivity contribution is 6.30. The van der Waals surface area contributed by atoms with Crippen molar-refractivity contribution in [2.75, 3.05) is 25.5 Å². The highest BCUT2D eigenvalue weighted by Gasteiger charge is 2.15. The molecule has 26 heavy (non-hydrogen) atoms. The maximum Gasteiger partial charge on any atom is 0.254 e. The van der Waals surface area contributed by atoms with E-state index in [1.54, 1.807) is 55.6 Å². The van der Waals surface area contributed by atoms with Crippen molar-refractivity contribution in [1.82, 2.24) is 4.90 Å². The Kier molecular flexibility index (Phi) is 7.04. The van der Waals surface area contributed by atoms with Crippen molar-refractivity contribution in [3.05, 3.63) is 59.1 Å². The topological polar surface area (TPSA) is 58.6 Å². The van der Waals surface area contributed by atoms with Crippen molar-refractivity contribution >= 4 is 29.1 Å². The fourth-order valence-corrected chi connectivity index (χ4v) is 2.32. The van der Waals surface area contributed by atoms with Crippen LogP contribution in [0.4, 0.5) is 5.69 Å². The molecule has 0 unspecified atom stereocenters. The Morgan fingerprint density at radius 2 is 1.69 bits per heavy atom. The second-order valence-corrected chi connectivity index (χ2v) is 6.88. The molecule has 0 saturated heterocycles. The van der Waals surface area contributed by atoms with Gasteiger partial charge in [-0.25, -0.2) is 0 Å². The average molecular weight is 375 g/mol. The van der Waals surface area contributed by atoms with Crippen LogP contribution >= 0.6 is 11.6 Å². The molecule has 0 spiro atoms. The van der Waals surface area contributed by atoms with E-state index >= 15 is 0 Å². The van der Waals surface area contributed by atoms with Gasteiger partial charge in [-0.05, 0) is 54.4 Å². The molecule has 0 aromatic heterocycles. The normalized spacial score (nSPS) is 10.5. The second kappa shape index (κ2) is 9.25. The first kappa shape index (κ1) is 19.8. The van der Waals surface area contributed by atoms with Gasteiger partial charge >= 0.3 is 0 Å². The van der Waals surface area contributed by atoms with Crippen LogP contribution in [0.5, 0.6) is 5.75 Å². The van der Waals surface area contributed by atoms with Gasteiger partial charge in [0.2, 0.25) is 5.91 Å². The zero-order chi connectivity index (χ0) is 19.1. The van der Waals surface area contributed by atoms with Gasteiger partial charge in [0.25, 0.3) is 5.91 Å². The molecule has 0 fully saturated rings. The molecule has 2 aromatic rings. The Balaban J connectivity index is 1.89. The average Bonchev–Trinajstić information content (AvgIpc) is 2.61. The standard InChI is InChI=1S/C20H23ClN2O3/c1-14(2)13-26-18-10-4-15(5-11-18)20(25)23(3)12-19(24)22-17-8-6-16(21)7-9-17/h4-11,14H,12-13H2,1-3H3,(H,22,24). The molecule has 0 heterocycles. The number of anilines is 1. The number of carbonyl (C=O) groups excluding carboxylic acids is 2. The van der Waals surface area contributed by atoms with Crippen molar-refractivity contribution in [3.8, 4) is 5.75 Å². The van der Waals surface area contributed by atoms with Crippen LogP contribution in [0.15, 0.2) is 48.5 Å². The fourth-order valence-electron chi connectivity index (χ4n) is 2.20. The van der Waals surface area contributed by atoms with Gasteiger partial charge in [-0.15, -0.1) is 0 Å². The maximum absolute atomic E-state index is 12.4. The molecule has 5 nitrogen and oxygen atoms in total. The minimum atomic E-state index is -0.278. The first-order valence-electron chi connectivity index (χ1n) is 8.39. The van der Waals surface area contributed by atoms with Gasteiger partial charge in [-0.1, -0.05) is 25.4 Å². The lowest BCUT2D eigenvalue weighted by Crippen LogP contribution is -2.34. The van der Waals surface area contributed by atoms with Crippen molar-refractivity contribution in [1.29, 1.82) is 0 Å². The Bertz CT molecular complexity index is 743. The molecule has 0 aliphatic rings. The molecule has 0 atom stereocenters. The van der Waals surface area contributed by atoms with E-state index in [0.29, 0.717) is 28.8 Å². The molecule has 0 bridgehead atoms. The Hall–Kier alpha value is -2.53. The molecule has 2 amide bonds. The van der Waals surface area contributed by atoms with Crippen LogP contribution in [0.2, 0.25) is 5.02 Å². The van der Waals surface area contributed by atoms with E-state index in [0.717, 1.165) is 5.75 Å². The van der Waals surface area contributed by atoms with Crippen LogP contribution in [-0.2, 0) is 4.79 Å². The predicted molar refractivity (Wildman–Crippen MR) is 104 cm³/mol. The van der Waals surface area contributed by atoms with E-state index in [-0.39, 0.29) is 18.4 Å². The van der Waals surface area contributed by atoms with Crippen LogP contribution in [0, 0.1) is 5.92 Å². The highest BCUT2D eigenvalue weighted by atomic mass is 35.5. The van der Waals surface area contributed by atoms with E-state index in [4.69, 9.17) is 16.3 Å². The molecule has 0 aliphatic carbocycles. The molecule has 0 aliphatic heterocycles. The zero-order valence-electron chi connectivity index (χ0n) is 15.2. The van der Waals surface area contributed by atoms with Gasteiger partial charge in [-0.2, -0.15) is 0 Å². The third-order valence-electron chi connectivity index (χ3n) is 3.54. The van der Waals surface area contributed by atoms with Gasteiger partial charge in [-0.3, -0.25) is 9.59 Å². The summed E-state index contributed by atoms with van der Waals surface area (Å²) in [4.78, 5) is 25.9. The number of nitrogens with one attached hydrogen (secondary N) is 1.